The molecule has 0 spiro atoms. The van der Waals surface area contributed by atoms with Gasteiger partial charge in [0.25, 0.3) is 0 Å². The lowest BCUT2D eigenvalue weighted by Gasteiger charge is -2.20. The van der Waals surface area contributed by atoms with Gasteiger partial charge in [-0.1, -0.05) is 13.8 Å². The summed E-state index contributed by atoms with van der Waals surface area (Å²) in [6.45, 7) is 11.4. The summed E-state index contributed by atoms with van der Waals surface area (Å²) in [6, 6.07) is 0.0724. The van der Waals surface area contributed by atoms with Crippen molar-refractivity contribution in [3.05, 3.63) is 16.3 Å². The Balaban J connectivity index is 3.48. The minimum atomic E-state index is -0.666. The van der Waals surface area contributed by atoms with Gasteiger partial charge in [-0.3, -0.25) is 4.57 Å². The predicted octanol–water partition coefficient (Wildman–Crippen LogP) is 1.48. The molecule has 0 aliphatic rings. The van der Waals surface area contributed by atoms with Gasteiger partial charge < -0.3 is 5.11 Å². The summed E-state index contributed by atoms with van der Waals surface area (Å²) in [5, 5.41) is 13.7. The van der Waals surface area contributed by atoms with Crippen molar-refractivity contribution < 1.29 is 5.11 Å². The lowest BCUT2D eigenvalue weighted by molar-refractivity contribution is 0.147. The summed E-state index contributed by atoms with van der Waals surface area (Å²) < 4.78 is 3.09. The van der Waals surface area contributed by atoms with E-state index >= 15 is 0 Å². The molecule has 0 aromatic carbocycles. The van der Waals surface area contributed by atoms with E-state index in [1.165, 1.54) is 4.68 Å². The second kappa shape index (κ2) is 4.64. The number of aliphatic hydroxyl groups excluding tert-OH is 1. The molecule has 0 radical (unpaired) electrons. The van der Waals surface area contributed by atoms with Crippen LogP contribution < -0.4 is 5.69 Å². The highest BCUT2D eigenvalue weighted by atomic mass is 16.3. The summed E-state index contributed by atoms with van der Waals surface area (Å²) in [5.41, 5.74) is -0.816. The van der Waals surface area contributed by atoms with E-state index in [0.29, 0.717) is 0 Å². The maximum atomic E-state index is 12.3. The average Bonchev–Trinajstić information content (AvgIpc) is 2.56. The lowest BCUT2D eigenvalue weighted by atomic mass is 10.1. The maximum absolute atomic E-state index is 12.3. The van der Waals surface area contributed by atoms with Crippen LogP contribution in [0.25, 0.3) is 0 Å². The Labute approximate surface area is 102 Å². The van der Waals surface area contributed by atoms with Crippen LogP contribution in [-0.4, -0.2) is 26.1 Å². The first-order chi connectivity index (χ1) is 7.72. The molecule has 17 heavy (non-hydrogen) atoms. The smallest absolute Gasteiger partial charge is 0.346 e. The van der Waals surface area contributed by atoms with Crippen LogP contribution in [0, 0.1) is 0 Å². The molecule has 0 saturated heterocycles. The largest absolute Gasteiger partial charge is 0.394 e. The van der Waals surface area contributed by atoms with Crippen molar-refractivity contribution >= 4 is 0 Å². The third-order valence-electron chi connectivity index (χ3n) is 2.83. The summed E-state index contributed by atoms with van der Waals surface area (Å²) in [5.74, 6) is 0.951. The molecule has 0 aliphatic carbocycles. The van der Waals surface area contributed by atoms with Crippen LogP contribution >= 0.6 is 0 Å². The molecule has 0 amide bonds. The van der Waals surface area contributed by atoms with Gasteiger partial charge in [0.2, 0.25) is 0 Å². The fourth-order valence-electron chi connectivity index (χ4n) is 1.73. The molecule has 0 fully saturated rings. The van der Waals surface area contributed by atoms with Crippen molar-refractivity contribution in [2.24, 2.45) is 0 Å². The van der Waals surface area contributed by atoms with E-state index in [2.05, 4.69) is 5.10 Å². The Hall–Kier alpha value is -1.10. The summed E-state index contributed by atoms with van der Waals surface area (Å²) in [7, 11) is 0. The van der Waals surface area contributed by atoms with Gasteiger partial charge in [0, 0.05) is 12.0 Å². The number of hydrogen-bond donors (Lipinski definition) is 1. The monoisotopic (exact) mass is 241 g/mol. The number of aromatic nitrogens is 3. The first-order valence-electron chi connectivity index (χ1n) is 6.05. The molecule has 1 aromatic rings. The molecule has 0 bridgehead atoms. The van der Waals surface area contributed by atoms with E-state index in [-0.39, 0.29) is 24.3 Å². The topological polar surface area (TPSA) is 60.0 Å². The Morgan fingerprint density at radius 2 is 1.82 bits per heavy atom. The Kier molecular flexibility index (Phi) is 3.81. The maximum Gasteiger partial charge on any atom is 0.346 e. The van der Waals surface area contributed by atoms with Crippen LogP contribution in [0.2, 0.25) is 0 Å². The first kappa shape index (κ1) is 14.0. The minimum Gasteiger partial charge on any atom is -0.394 e. The van der Waals surface area contributed by atoms with Crippen molar-refractivity contribution in [2.45, 2.75) is 59.0 Å². The molecule has 0 atom stereocenters. The molecule has 98 valence electrons. The van der Waals surface area contributed by atoms with Crippen LogP contribution in [0.5, 0.6) is 0 Å². The molecule has 0 aliphatic heterocycles. The zero-order chi connectivity index (χ0) is 13.4. The summed E-state index contributed by atoms with van der Waals surface area (Å²) >= 11 is 0. The molecule has 5 nitrogen and oxygen atoms in total. The van der Waals surface area contributed by atoms with Crippen LogP contribution in [0.3, 0.4) is 0 Å². The van der Waals surface area contributed by atoms with Crippen molar-refractivity contribution in [2.75, 3.05) is 6.61 Å². The Morgan fingerprint density at radius 1 is 1.29 bits per heavy atom. The SMILES string of the molecule is CC(C)c1nn(C(C)(C)CO)c(=O)n1C(C)C. The second-order valence-corrected chi connectivity index (χ2v) is 5.64. The summed E-state index contributed by atoms with van der Waals surface area (Å²) in [4.78, 5) is 12.3. The Morgan fingerprint density at radius 3 is 2.12 bits per heavy atom. The highest BCUT2D eigenvalue weighted by Gasteiger charge is 2.27. The van der Waals surface area contributed by atoms with Gasteiger partial charge >= 0.3 is 5.69 Å². The first-order valence-corrected chi connectivity index (χ1v) is 6.05. The van der Waals surface area contributed by atoms with E-state index < -0.39 is 5.54 Å². The van der Waals surface area contributed by atoms with Gasteiger partial charge in [-0.25, -0.2) is 9.48 Å². The number of hydrogen-bond acceptors (Lipinski definition) is 3. The molecule has 0 unspecified atom stereocenters. The van der Waals surface area contributed by atoms with E-state index in [1.807, 2.05) is 27.7 Å². The van der Waals surface area contributed by atoms with E-state index in [4.69, 9.17) is 0 Å². The second-order valence-electron chi connectivity index (χ2n) is 5.64. The molecule has 5 heteroatoms. The fraction of sp³-hybridized carbons (Fsp3) is 0.833. The standard InChI is InChI=1S/C12H23N3O2/c1-8(2)10-13-15(12(5,6)7-16)11(17)14(10)9(3)4/h8-9,16H,7H2,1-6H3. The van der Waals surface area contributed by atoms with Gasteiger partial charge in [0.15, 0.2) is 0 Å². The minimum absolute atomic E-state index is 0.0724. The molecular weight excluding hydrogens is 218 g/mol. The summed E-state index contributed by atoms with van der Waals surface area (Å²) in [6.07, 6.45) is 0. The van der Waals surface area contributed by atoms with Crippen molar-refractivity contribution in [3.8, 4) is 0 Å². The van der Waals surface area contributed by atoms with Crippen LogP contribution in [0.4, 0.5) is 0 Å². The third-order valence-corrected chi connectivity index (χ3v) is 2.83. The van der Waals surface area contributed by atoms with E-state index in [1.54, 1.807) is 18.4 Å². The van der Waals surface area contributed by atoms with Crippen LogP contribution in [-0.2, 0) is 5.54 Å². The zero-order valence-corrected chi connectivity index (χ0v) is 11.6. The van der Waals surface area contributed by atoms with Gasteiger partial charge in [-0.15, -0.1) is 0 Å². The Bertz CT molecular complexity index is 441. The highest BCUT2D eigenvalue weighted by Crippen LogP contribution is 2.17. The molecule has 0 saturated carbocycles. The van der Waals surface area contributed by atoms with Gasteiger partial charge in [-0.05, 0) is 27.7 Å². The number of nitrogens with zero attached hydrogens (tertiary/aromatic N) is 3. The fourth-order valence-corrected chi connectivity index (χ4v) is 1.73. The third kappa shape index (κ3) is 2.44. The van der Waals surface area contributed by atoms with Crippen LogP contribution in [0.1, 0.15) is 59.3 Å². The lowest BCUT2D eigenvalue weighted by Crippen LogP contribution is -2.40. The molecule has 1 heterocycles. The molecule has 1 aromatic heterocycles. The normalized spacial score (nSPS) is 12.8. The van der Waals surface area contributed by atoms with Crippen molar-refractivity contribution in [1.29, 1.82) is 0 Å². The molecule has 1 N–H and O–H groups in total. The molecule has 1 rings (SSSR count). The number of aliphatic hydroxyl groups is 1. The number of rotatable bonds is 4. The van der Waals surface area contributed by atoms with Crippen LogP contribution in [0.15, 0.2) is 4.79 Å². The van der Waals surface area contributed by atoms with Gasteiger partial charge in [-0.2, -0.15) is 5.10 Å². The predicted molar refractivity (Wildman–Crippen MR) is 67.4 cm³/mol. The van der Waals surface area contributed by atoms with E-state index in [0.717, 1.165) is 5.82 Å². The van der Waals surface area contributed by atoms with E-state index in [9.17, 15) is 9.90 Å². The quantitative estimate of drug-likeness (QED) is 0.868. The highest BCUT2D eigenvalue weighted by molar-refractivity contribution is 4.98. The van der Waals surface area contributed by atoms with Gasteiger partial charge in [0.05, 0.1) is 12.1 Å². The zero-order valence-electron chi connectivity index (χ0n) is 11.6. The average molecular weight is 241 g/mol. The van der Waals surface area contributed by atoms with Crippen molar-refractivity contribution in [3.63, 3.8) is 0 Å². The van der Waals surface area contributed by atoms with Crippen molar-refractivity contribution in [1.82, 2.24) is 14.3 Å². The van der Waals surface area contributed by atoms with Gasteiger partial charge in [0.1, 0.15) is 5.82 Å². The molecular formula is C12H23N3O2.